The van der Waals surface area contributed by atoms with Crippen LogP contribution in [-0.2, 0) is 32.2 Å². The van der Waals surface area contributed by atoms with E-state index in [9.17, 15) is 40.2 Å². The van der Waals surface area contributed by atoms with Crippen molar-refractivity contribution in [2.75, 3.05) is 52.7 Å². The zero-order valence-corrected chi connectivity index (χ0v) is 28.1. The molecule has 48 heavy (non-hydrogen) atoms. The molecule has 0 aromatic heterocycles. The van der Waals surface area contributed by atoms with Gasteiger partial charge in [-0.15, -0.1) is 0 Å². The van der Waals surface area contributed by atoms with Crippen LogP contribution >= 0.6 is 0 Å². The Hall–Kier alpha value is -3.34. The topological polar surface area (TPSA) is 221 Å². The summed E-state index contributed by atoms with van der Waals surface area (Å²) in [4.78, 5) is 29.1. The lowest BCUT2D eigenvalue weighted by atomic mass is 9.83. The van der Waals surface area contributed by atoms with E-state index in [0.29, 0.717) is 11.1 Å². The number of benzene rings is 2. The average molecular weight is 681 g/mol. The highest BCUT2D eigenvalue weighted by Gasteiger charge is 2.43. The summed E-state index contributed by atoms with van der Waals surface area (Å²) in [5.41, 5.74) is -1.29. The number of carboxylic acid groups (broad SMARTS) is 2. The number of aliphatic hydroxyl groups excluding tert-OH is 4. The molecule has 8 N–H and O–H groups in total. The normalized spacial score (nSPS) is 15.0. The number of ether oxygens (including phenoxy) is 2. The first-order chi connectivity index (χ1) is 22.5. The van der Waals surface area contributed by atoms with Crippen LogP contribution in [0.5, 0.6) is 11.5 Å². The molecule has 0 saturated carbocycles. The van der Waals surface area contributed by atoms with Crippen LogP contribution in [0.15, 0.2) is 48.5 Å². The summed E-state index contributed by atoms with van der Waals surface area (Å²) in [6.45, 7) is 4.94. The number of aliphatic hydroxyl groups is 4. The lowest BCUT2D eigenvalue weighted by molar-refractivity contribution is -0.155. The van der Waals surface area contributed by atoms with Crippen molar-refractivity contribution >= 4 is 11.9 Å². The van der Waals surface area contributed by atoms with Gasteiger partial charge in [0.25, 0.3) is 0 Å². The molecule has 2 rings (SSSR count). The van der Waals surface area contributed by atoms with Gasteiger partial charge < -0.3 is 50.3 Å². The molecule has 2 aromatic carbocycles. The van der Waals surface area contributed by atoms with Crippen LogP contribution in [0.3, 0.4) is 0 Å². The number of carbonyl (C=O) groups is 2. The lowest BCUT2D eigenvalue weighted by Crippen LogP contribution is -2.57. The molecule has 270 valence electrons. The Morgan fingerprint density at radius 2 is 1.00 bits per heavy atom. The molecule has 0 aliphatic rings. The molecular formula is C34H52N2O12. The van der Waals surface area contributed by atoms with E-state index in [1.807, 2.05) is 0 Å². The van der Waals surface area contributed by atoms with E-state index in [0.717, 1.165) is 0 Å². The maximum absolute atomic E-state index is 13.0. The van der Waals surface area contributed by atoms with Gasteiger partial charge in [0, 0.05) is 48.1 Å². The third-order valence-corrected chi connectivity index (χ3v) is 8.07. The molecule has 0 amide bonds. The number of phenols is 2. The monoisotopic (exact) mass is 680 g/mol. The van der Waals surface area contributed by atoms with Crippen molar-refractivity contribution in [1.29, 1.82) is 0 Å². The molecule has 0 bridgehead atoms. The first-order valence-electron chi connectivity index (χ1n) is 15.7. The molecule has 0 radical (unpaired) electrons. The summed E-state index contributed by atoms with van der Waals surface area (Å²) in [7, 11) is 0. The second kappa shape index (κ2) is 19.0. The molecule has 14 heteroatoms. The van der Waals surface area contributed by atoms with Crippen LogP contribution in [0.4, 0.5) is 0 Å². The highest BCUT2D eigenvalue weighted by atomic mass is 16.5. The van der Waals surface area contributed by atoms with Crippen LogP contribution in [0, 0.1) is 10.8 Å². The van der Waals surface area contributed by atoms with Gasteiger partial charge in [0.15, 0.2) is 0 Å². The fourth-order valence-electron chi connectivity index (χ4n) is 5.73. The van der Waals surface area contributed by atoms with Gasteiger partial charge in [0.2, 0.25) is 0 Å². The largest absolute Gasteiger partial charge is 0.508 e. The summed E-state index contributed by atoms with van der Waals surface area (Å²) in [5, 5.41) is 80.2. The molecule has 14 nitrogen and oxygen atoms in total. The Morgan fingerprint density at radius 3 is 1.29 bits per heavy atom. The second-order valence-corrected chi connectivity index (χ2v) is 13.4. The molecule has 4 atom stereocenters. The third-order valence-electron chi connectivity index (χ3n) is 8.07. The fourth-order valence-corrected chi connectivity index (χ4v) is 5.73. The molecule has 0 saturated heterocycles. The zero-order valence-electron chi connectivity index (χ0n) is 28.1. The van der Waals surface area contributed by atoms with Crippen molar-refractivity contribution in [3.05, 3.63) is 59.7 Å². The molecule has 4 unspecified atom stereocenters. The number of rotatable bonds is 23. The number of aliphatic carboxylic acids is 2. The Morgan fingerprint density at radius 1 is 0.667 bits per heavy atom. The molecule has 0 heterocycles. The Bertz CT molecular complexity index is 1190. The standard InChI is InChI=1S/C34H52N2O12/c1-33(2,21-47-19-25(39)17-37)29(31(43)44)35(15-23-9-5-7-11-27(23)41)13-14-36(16-24-10-6-8-12-28(24)42)30(32(45)46)34(3,4)22-48-20-26(40)18-38/h5-12,25-26,29-30,37-42H,13-22H2,1-4H3,(H,43,44)(H,45,46). The third kappa shape index (κ3) is 12.3. The quantitative estimate of drug-likeness (QED) is 0.0824. The van der Waals surface area contributed by atoms with E-state index in [1.54, 1.807) is 73.9 Å². The van der Waals surface area contributed by atoms with E-state index in [2.05, 4.69) is 0 Å². The van der Waals surface area contributed by atoms with E-state index < -0.39 is 60.3 Å². The summed E-state index contributed by atoms with van der Waals surface area (Å²) < 4.78 is 11.2. The van der Waals surface area contributed by atoms with Crippen molar-refractivity contribution in [1.82, 2.24) is 9.80 Å². The number of aromatic hydroxyl groups is 2. The molecule has 0 fully saturated rings. The molecule has 0 aliphatic carbocycles. The van der Waals surface area contributed by atoms with Crippen LogP contribution < -0.4 is 0 Å². The minimum atomic E-state index is -1.23. The highest BCUT2D eigenvalue weighted by Crippen LogP contribution is 2.32. The minimum Gasteiger partial charge on any atom is -0.508 e. The van der Waals surface area contributed by atoms with Crippen molar-refractivity contribution in [3.8, 4) is 11.5 Å². The average Bonchev–Trinajstić information content (AvgIpc) is 3.00. The van der Waals surface area contributed by atoms with Gasteiger partial charge in [-0.05, 0) is 12.1 Å². The summed E-state index contributed by atoms with van der Waals surface area (Å²) in [6, 6.07) is 10.5. The van der Waals surface area contributed by atoms with Crippen LogP contribution in [0.25, 0.3) is 0 Å². The number of carboxylic acids is 2. The number of para-hydroxylation sites is 2. The molecule has 0 spiro atoms. The maximum Gasteiger partial charge on any atom is 0.321 e. The van der Waals surface area contributed by atoms with Gasteiger partial charge in [0.1, 0.15) is 35.8 Å². The number of nitrogens with zero attached hydrogens (tertiary/aromatic N) is 2. The number of phenolic OH excluding ortho intramolecular Hbond substituents is 2. The van der Waals surface area contributed by atoms with Gasteiger partial charge in [-0.3, -0.25) is 19.4 Å². The van der Waals surface area contributed by atoms with Crippen molar-refractivity contribution in [3.63, 3.8) is 0 Å². The van der Waals surface area contributed by atoms with Crippen LogP contribution in [0.2, 0.25) is 0 Å². The first kappa shape index (κ1) is 40.8. The van der Waals surface area contributed by atoms with Crippen LogP contribution in [-0.4, -0.2) is 140 Å². The molecule has 2 aromatic rings. The first-order valence-corrected chi connectivity index (χ1v) is 15.7. The summed E-state index contributed by atoms with van der Waals surface area (Å²) >= 11 is 0. The van der Waals surface area contributed by atoms with Gasteiger partial charge in [0.05, 0.1) is 39.6 Å². The Kier molecular flexibility index (Phi) is 16.2. The van der Waals surface area contributed by atoms with Crippen molar-refractivity contribution in [2.24, 2.45) is 10.8 Å². The van der Waals surface area contributed by atoms with Gasteiger partial charge >= 0.3 is 11.9 Å². The second-order valence-electron chi connectivity index (χ2n) is 13.4. The minimum absolute atomic E-state index is 0.00840. The van der Waals surface area contributed by atoms with E-state index in [-0.39, 0.29) is 64.1 Å². The molecule has 0 aliphatic heterocycles. The molecular weight excluding hydrogens is 628 g/mol. The van der Waals surface area contributed by atoms with E-state index >= 15 is 0 Å². The Balaban J connectivity index is 2.54. The lowest BCUT2D eigenvalue weighted by Gasteiger charge is -2.43. The van der Waals surface area contributed by atoms with E-state index in [4.69, 9.17) is 19.7 Å². The van der Waals surface area contributed by atoms with Crippen molar-refractivity contribution in [2.45, 2.75) is 65.1 Å². The van der Waals surface area contributed by atoms with Crippen LogP contribution in [0.1, 0.15) is 38.8 Å². The summed E-state index contributed by atoms with van der Waals surface area (Å²) in [6.07, 6.45) is -2.28. The van der Waals surface area contributed by atoms with Gasteiger partial charge in [-0.25, -0.2) is 0 Å². The number of hydrogen-bond donors (Lipinski definition) is 8. The van der Waals surface area contributed by atoms with Crippen molar-refractivity contribution < 1.29 is 59.9 Å². The van der Waals surface area contributed by atoms with Gasteiger partial charge in [-0.1, -0.05) is 64.1 Å². The summed E-state index contributed by atoms with van der Waals surface area (Å²) in [5.74, 6) is -2.49. The SMILES string of the molecule is CC(C)(COCC(O)CO)C(C(=O)O)N(CCN(Cc1ccccc1O)C(C(=O)O)C(C)(C)COCC(O)CO)Cc1ccccc1O. The Labute approximate surface area is 281 Å². The maximum atomic E-state index is 13.0. The predicted molar refractivity (Wildman–Crippen MR) is 175 cm³/mol. The fraction of sp³-hybridized carbons (Fsp3) is 0.588. The zero-order chi connectivity index (χ0) is 36.1. The smallest absolute Gasteiger partial charge is 0.321 e. The van der Waals surface area contributed by atoms with E-state index in [1.165, 1.54) is 12.1 Å². The number of hydrogen-bond acceptors (Lipinski definition) is 12. The van der Waals surface area contributed by atoms with Gasteiger partial charge in [-0.2, -0.15) is 0 Å². The highest BCUT2D eigenvalue weighted by molar-refractivity contribution is 5.75. The predicted octanol–water partition coefficient (Wildman–Crippen LogP) is 1.10.